The van der Waals surface area contributed by atoms with Crippen LogP contribution in [0.15, 0.2) is 24.3 Å². The first kappa shape index (κ1) is 16.1. The highest BCUT2D eigenvalue weighted by molar-refractivity contribution is 8.05. The van der Waals surface area contributed by atoms with Gasteiger partial charge in [-0.3, -0.25) is 9.59 Å². The third-order valence-electron chi connectivity index (χ3n) is 2.35. The van der Waals surface area contributed by atoms with Crippen molar-refractivity contribution in [3.8, 4) is 5.75 Å². The summed E-state index contributed by atoms with van der Waals surface area (Å²) in [5.41, 5.74) is -0.232. The molecule has 1 rings (SSSR count). The minimum atomic E-state index is -4.61. The van der Waals surface area contributed by atoms with Gasteiger partial charge in [-0.2, -0.15) is 4.72 Å². The minimum Gasteiger partial charge on any atom is -0.496 e. The van der Waals surface area contributed by atoms with E-state index in [-0.39, 0.29) is 11.3 Å². The number of carbonyl (C=O) groups is 2. The number of carbonyl (C=O) groups excluding carboxylic acids is 1. The molecule has 0 amide bonds. The van der Waals surface area contributed by atoms with Crippen molar-refractivity contribution in [1.29, 1.82) is 0 Å². The van der Waals surface area contributed by atoms with Gasteiger partial charge in [-0.25, -0.2) is 8.42 Å². The van der Waals surface area contributed by atoms with Crippen LogP contribution >= 0.6 is 0 Å². The second-order valence-electron chi connectivity index (χ2n) is 3.68. The van der Waals surface area contributed by atoms with Crippen LogP contribution in [-0.2, 0) is 14.8 Å². The van der Waals surface area contributed by atoms with Crippen LogP contribution < -0.4 is 9.46 Å². The Labute approximate surface area is 115 Å². The molecule has 1 unspecified atom stereocenters. The number of para-hydroxylation sites is 1. The highest BCUT2D eigenvalue weighted by atomic mass is 32.2. The molecule has 0 fully saturated rings. The van der Waals surface area contributed by atoms with Crippen LogP contribution in [-0.4, -0.2) is 49.5 Å². The molecule has 20 heavy (non-hydrogen) atoms. The lowest BCUT2D eigenvalue weighted by atomic mass is 10.2. The lowest BCUT2D eigenvalue weighted by molar-refractivity contribution is -0.139. The van der Waals surface area contributed by atoms with Crippen molar-refractivity contribution in [1.82, 2.24) is 4.72 Å². The van der Waals surface area contributed by atoms with Crippen molar-refractivity contribution in [2.24, 2.45) is 0 Å². The number of aliphatic hydroxyl groups excluding tert-OH is 1. The Balaban J connectivity index is 3.09. The predicted octanol–water partition coefficient (Wildman–Crippen LogP) is -0.800. The molecule has 0 aliphatic rings. The van der Waals surface area contributed by atoms with E-state index in [1.165, 1.54) is 25.3 Å². The van der Waals surface area contributed by atoms with Gasteiger partial charge in [-0.05, 0) is 12.1 Å². The van der Waals surface area contributed by atoms with Gasteiger partial charge in [-0.15, -0.1) is 0 Å². The molecule has 0 radical (unpaired) electrons. The molecule has 9 heteroatoms. The fraction of sp³-hybridized carbons (Fsp3) is 0.273. The number of hydrogen-bond donors (Lipinski definition) is 3. The number of aliphatic hydroxyl groups is 1. The average molecular weight is 303 g/mol. The van der Waals surface area contributed by atoms with Gasteiger partial charge in [-0.1, -0.05) is 12.1 Å². The van der Waals surface area contributed by atoms with Gasteiger partial charge < -0.3 is 14.9 Å². The normalized spacial score (nSPS) is 12.7. The lowest BCUT2D eigenvalue weighted by Gasteiger charge is -2.12. The van der Waals surface area contributed by atoms with Crippen molar-refractivity contribution < 1.29 is 33.0 Å². The highest BCUT2D eigenvalue weighted by Crippen LogP contribution is 2.19. The maximum atomic E-state index is 11.9. The zero-order valence-electron chi connectivity index (χ0n) is 10.4. The summed E-state index contributed by atoms with van der Waals surface area (Å²) in [6, 6.07) is 3.81. The third-order valence-corrected chi connectivity index (χ3v) is 3.65. The number of rotatable bonds is 6. The predicted molar refractivity (Wildman–Crippen MR) is 67.9 cm³/mol. The monoisotopic (exact) mass is 303 g/mol. The van der Waals surface area contributed by atoms with Gasteiger partial charge in [0.05, 0.1) is 19.3 Å². The van der Waals surface area contributed by atoms with E-state index >= 15 is 0 Å². The maximum absolute atomic E-state index is 11.9. The SMILES string of the molecule is COc1ccccc1C(=O)S(=O)(=O)NC(CO)C(=O)O. The van der Waals surface area contributed by atoms with Crippen LogP contribution in [0.2, 0.25) is 0 Å². The summed E-state index contributed by atoms with van der Waals surface area (Å²) in [4.78, 5) is 22.6. The van der Waals surface area contributed by atoms with E-state index in [4.69, 9.17) is 14.9 Å². The van der Waals surface area contributed by atoms with E-state index in [1.807, 2.05) is 0 Å². The molecule has 0 aliphatic heterocycles. The first-order valence-corrected chi connectivity index (χ1v) is 6.85. The third kappa shape index (κ3) is 3.53. The number of ether oxygens (including phenoxy) is 1. The Morgan fingerprint density at radius 3 is 2.45 bits per heavy atom. The number of aliphatic carboxylic acids is 1. The average Bonchev–Trinajstić information content (AvgIpc) is 2.43. The Morgan fingerprint density at radius 2 is 1.95 bits per heavy atom. The Kier molecular flexibility index (Phi) is 5.19. The van der Waals surface area contributed by atoms with Gasteiger partial charge in [0.2, 0.25) is 0 Å². The second kappa shape index (κ2) is 6.46. The topological polar surface area (TPSA) is 130 Å². The highest BCUT2D eigenvalue weighted by Gasteiger charge is 2.31. The van der Waals surface area contributed by atoms with Gasteiger partial charge in [0, 0.05) is 0 Å². The van der Waals surface area contributed by atoms with Crippen LogP contribution in [0.4, 0.5) is 0 Å². The quantitative estimate of drug-likeness (QED) is 0.627. The summed E-state index contributed by atoms with van der Waals surface area (Å²) < 4.78 is 30.0. The number of carboxylic acids is 1. The Bertz CT molecular complexity index is 611. The number of sulfonamides is 1. The lowest BCUT2D eigenvalue weighted by Crippen LogP contribution is -2.45. The van der Waals surface area contributed by atoms with Crippen molar-refractivity contribution in [2.75, 3.05) is 13.7 Å². The smallest absolute Gasteiger partial charge is 0.324 e. The molecule has 0 spiro atoms. The van der Waals surface area contributed by atoms with E-state index in [0.29, 0.717) is 0 Å². The molecule has 1 aromatic carbocycles. The fourth-order valence-electron chi connectivity index (χ4n) is 1.36. The standard InChI is InChI=1S/C11H13NO7S/c1-19-9-5-3-2-4-7(9)11(16)20(17,18)12-8(6-13)10(14)15/h2-5,8,12-13H,6H2,1H3,(H,14,15). The summed E-state index contributed by atoms with van der Waals surface area (Å²) in [5, 5.41) is 16.1. The molecule has 1 aromatic rings. The van der Waals surface area contributed by atoms with Crippen LogP contribution in [0.25, 0.3) is 0 Å². The van der Waals surface area contributed by atoms with Crippen molar-refractivity contribution in [2.45, 2.75) is 6.04 Å². The van der Waals surface area contributed by atoms with Gasteiger partial charge in [0.15, 0.2) is 0 Å². The molecule has 1 atom stereocenters. The molecule has 8 nitrogen and oxygen atoms in total. The first-order chi connectivity index (χ1) is 9.33. The van der Waals surface area contributed by atoms with E-state index in [9.17, 15) is 18.0 Å². The number of methoxy groups -OCH3 is 1. The van der Waals surface area contributed by atoms with Crippen molar-refractivity contribution in [3.05, 3.63) is 29.8 Å². The van der Waals surface area contributed by atoms with Gasteiger partial charge >= 0.3 is 5.97 Å². The Hall–Kier alpha value is -1.97. The van der Waals surface area contributed by atoms with Crippen LogP contribution in [0.1, 0.15) is 10.4 Å². The Morgan fingerprint density at radius 1 is 1.35 bits per heavy atom. The molecule has 0 heterocycles. The molecule has 0 saturated heterocycles. The maximum Gasteiger partial charge on any atom is 0.324 e. The molecule has 0 aliphatic carbocycles. The largest absolute Gasteiger partial charge is 0.496 e. The molecule has 0 saturated carbocycles. The fourth-order valence-corrected chi connectivity index (χ4v) is 2.48. The molecular formula is C11H13NO7S. The molecule has 3 N–H and O–H groups in total. The first-order valence-electron chi connectivity index (χ1n) is 5.36. The van der Waals surface area contributed by atoms with Gasteiger partial charge in [0.1, 0.15) is 11.8 Å². The number of hydrogen-bond acceptors (Lipinski definition) is 6. The van der Waals surface area contributed by atoms with E-state index in [0.717, 1.165) is 0 Å². The van der Waals surface area contributed by atoms with E-state index < -0.39 is 33.8 Å². The zero-order chi connectivity index (χ0) is 15.3. The summed E-state index contributed by atoms with van der Waals surface area (Å²) in [6.45, 7) is -0.978. The van der Waals surface area contributed by atoms with E-state index in [1.54, 1.807) is 10.8 Å². The number of carboxylic acid groups (broad SMARTS) is 1. The molecule has 110 valence electrons. The van der Waals surface area contributed by atoms with E-state index in [2.05, 4.69) is 0 Å². The zero-order valence-corrected chi connectivity index (χ0v) is 11.3. The van der Waals surface area contributed by atoms with Crippen LogP contribution in [0.5, 0.6) is 5.75 Å². The van der Waals surface area contributed by atoms with Crippen LogP contribution in [0.3, 0.4) is 0 Å². The van der Waals surface area contributed by atoms with Crippen LogP contribution in [0, 0.1) is 0 Å². The number of nitrogens with one attached hydrogen (secondary N) is 1. The summed E-state index contributed by atoms with van der Waals surface area (Å²) >= 11 is 0. The number of benzene rings is 1. The molecule has 0 aromatic heterocycles. The van der Waals surface area contributed by atoms with Gasteiger partial charge in [0.25, 0.3) is 15.1 Å². The molecule has 0 bridgehead atoms. The van der Waals surface area contributed by atoms with Crippen molar-refractivity contribution in [3.63, 3.8) is 0 Å². The summed E-state index contributed by atoms with van der Waals surface area (Å²) in [5.74, 6) is -1.55. The second-order valence-corrected chi connectivity index (χ2v) is 5.30. The summed E-state index contributed by atoms with van der Waals surface area (Å²) in [6.07, 6.45) is 0. The van der Waals surface area contributed by atoms with Crippen molar-refractivity contribution >= 4 is 21.1 Å². The minimum absolute atomic E-state index is 0.0405. The summed E-state index contributed by atoms with van der Waals surface area (Å²) in [7, 11) is -3.35. The molecular weight excluding hydrogens is 290 g/mol.